The van der Waals surface area contributed by atoms with Crippen molar-refractivity contribution in [1.29, 1.82) is 0 Å². The fraction of sp³-hybridized carbons (Fsp3) is 0.538. The molecule has 1 aromatic carbocycles. The maximum atomic E-state index is 13.6. The topological polar surface area (TPSA) is 12.0 Å². The first-order valence-electron chi connectivity index (χ1n) is 5.91. The van der Waals surface area contributed by atoms with E-state index in [0.717, 1.165) is 25.9 Å². The van der Waals surface area contributed by atoms with Crippen LogP contribution < -0.4 is 5.32 Å². The molecule has 1 nitrogen and oxygen atoms in total. The molecule has 1 aromatic rings. The lowest BCUT2D eigenvalue weighted by molar-refractivity contribution is 0.466. The highest BCUT2D eigenvalue weighted by molar-refractivity contribution is 6.31. The van der Waals surface area contributed by atoms with Gasteiger partial charge in [-0.25, -0.2) is 4.39 Å². The van der Waals surface area contributed by atoms with E-state index in [1.54, 1.807) is 12.1 Å². The summed E-state index contributed by atoms with van der Waals surface area (Å²) in [6.07, 6.45) is 4.36. The molecule has 1 heterocycles. The van der Waals surface area contributed by atoms with Gasteiger partial charge in [0, 0.05) is 10.6 Å². The smallest absolute Gasteiger partial charge is 0.127 e. The summed E-state index contributed by atoms with van der Waals surface area (Å²) in [5, 5.41) is 3.95. The van der Waals surface area contributed by atoms with Crippen LogP contribution in [0.15, 0.2) is 18.2 Å². The summed E-state index contributed by atoms with van der Waals surface area (Å²) in [5.41, 5.74) is 0.679. The Morgan fingerprint density at radius 3 is 3.06 bits per heavy atom. The minimum atomic E-state index is -0.170. The van der Waals surface area contributed by atoms with Crippen LogP contribution in [0.1, 0.15) is 24.8 Å². The molecule has 0 amide bonds. The van der Waals surface area contributed by atoms with Crippen LogP contribution in [0.2, 0.25) is 5.02 Å². The minimum Gasteiger partial charge on any atom is -0.316 e. The molecule has 16 heavy (non-hydrogen) atoms. The largest absolute Gasteiger partial charge is 0.316 e. The third kappa shape index (κ3) is 2.96. The van der Waals surface area contributed by atoms with Gasteiger partial charge in [0.05, 0.1) is 0 Å². The van der Waals surface area contributed by atoms with Crippen molar-refractivity contribution in [3.05, 3.63) is 34.6 Å². The fourth-order valence-electron chi connectivity index (χ4n) is 2.28. The van der Waals surface area contributed by atoms with Gasteiger partial charge < -0.3 is 5.32 Å². The van der Waals surface area contributed by atoms with Crippen LogP contribution in [0.5, 0.6) is 0 Å². The Morgan fingerprint density at radius 1 is 1.38 bits per heavy atom. The number of halogens is 2. The first-order valence-corrected chi connectivity index (χ1v) is 6.29. The van der Waals surface area contributed by atoms with E-state index >= 15 is 0 Å². The molecule has 1 aliphatic rings. The Labute approximate surface area is 101 Å². The second-order valence-corrected chi connectivity index (χ2v) is 4.88. The number of nitrogens with one attached hydrogen (secondary N) is 1. The molecule has 0 aromatic heterocycles. The average molecular weight is 242 g/mol. The van der Waals surface area contributed by atoms with E-state index in [2.05, 4.69) is 5.32 Å². The molecule has 0 aliphatic carbocycles. The highest BCUT2D eigenvalue weighted by atomic mass is 35.5. The summed E-state index contributed by atoms with van der Waals surface area (Å²) >= 11 is 6.03. The average Bonchev–Trinajstić information content (AvgIpc) is 2.52. The Bertz CT molecular complexity index is 326. The molecule has 88 valence electrons. The second-order valence-electron chi connectivity index (χ2n) is 4.47. The van der Waals surface area contributed by atoms with E-state index < -0.39 is 0 Å². The van der Waals surface area contributed by atoms with Gasteiger partial charge in [-0.2, -0.15) is 0 Å². The quantitative estimate of drug-likeness (QED) is 0.837. The van der Waals surface area contributed by atoms with Gasteiger partial charge in [0.1, 0.15) is 5.82 Å². The van der Waals surface area contributed by atoms with Crippen molar-refractivity contribution in [2.24, 2.45) is 5.92 Å². The van der Waals surface area contributed by atoms with E-state index in [1.165, 1.54) is 18.9 Å². The summed E-state index contributed by atoms with van der Waals surface area (Å²) in [6.45, 7) is 2.06. The van der Waals surface area contributed by atoms with E-state index in [9.17, 15) is 4.39 Å². The van der Waals surface area contributed by atoms with Crippen LogP contribution in [-0.2, 0) is 6.42 Å². The van der Waals surface area contributed by atoms with Crippen molar-refractivity contribution >= 4 is 11.6 Å². The predicted octanol–water partition coefficient (Wildman–Crippen LogP) is 3.41. The van der Waals surface area contributed by atoms with E-state index in [-0.39, 0.29) is 5.82 Å². The molecule has 0 spiro atoms. The maximum absolute atomic E-state index is 13.6. The molecule has 0 radical (unpaired) electrons. The highest BCUT2D eigenvalue weighted by Crippen LogP contribution is 2.24. The highest BCUT2D eigenvalue weighted by Gasteiger charge is 2.16. The molecule has 2 rings (SSSR count). The summed E-state index contributed by atoms with van der Waals surface area (Å²) < 4.78 is 13.6. The third-order valence-electron chi connectivity index (χ3n) is 3.20. The van der Waals surface area contributed by atoms with Gasteiger partial charge in [-0.1, -0.05) is 24.1 Å². The zero-order valence-corrected chi connectivity index (χ0v) is 10.1. The lowest BCUT2D eigenvalue weighted by Crippen LogP contribution is -2.22. The molecule has 3 heteroatoms. The van der Waals surface area contributed by atoms with Crippen molar-refractivity contribution in [1.82, 2.24) is 5.32 Å². The van der Waals surface area contributed by atoms with Gasteiger partial charge in [0.25, 0.3) is 0 Å². The summed E-state index contributed by atoms with van der Waals surface area (Å²) in [4.78, 5) is 0. The molecular formula is C13H17ClFN. The third-order valence-corrected chi connectivity index (χ3v) is 3.56. The molecule has 1 atom stereocenters. The van der Waals surface area contributed by atoms with Crippen LogP contribution >= 0.6 is 11.6 Å². The van der Waals surface area contributed by atoms with Crippen molar-refractivity contribution < 1.29 is 4.39 Å². The van der Waals surface area contributed by atoms with Crippen molar-refractivity contribution in [2.45, 2.75) is 25.7 Å². The molecule has 0 saturated carbocycles. The summed E-state index contributed by atoms with van der Waals surface area (Å²) in [5.74, 6) is 0.341. The SMILES string of the molecule is Fc1cccc(Cl)c1CC1CCCCNC1. The van der Waals surface area contributed by atoms with Crippen LogP contribution in [-0.4, -0.2) is 13.1 Å². The zero-order chi connectivity index (χ0) is 11.4. The van der Waals surface area contributed by atoms with Gasteiger partial charge >= 0.3 is 0 Å². The maximum Gasteiger partial charge on any atom is 0.127 e. The first kappa shape index (κ1) is 11.9. The minimum absolute atomic E-state index is 0.170. The van der Waals surface area contributed by atoms with Gasteiger partial charge in [0.2, 0.25) is 0 Å². The first-order chi connectivity index (χ1) is 7.77. The monoisotopic (exact) mass is 241 g/mol. The Hall–Kier alpha value is -0.600. The molecular weight excluding hydrogens is 225 g/mol. The normalized spacial score (nSPS) is 21.8. The lowest BCUT2D eigenvalue weighted by atomic mass is 9.95. The van der Waals surface area contributed by atoms with E-state index in [4.69, 9.17) is 11.6 Å². The molecule has 1 N–H and O–H groups in total. The number of hydrogen-bond acceptors (Lipinski definition) is 1. The van der Waals surface area contributed by atoms with Gasteiger partial charge in [0.15, 0.2) is 0 Å². The van der Waals surface area contributed by atoms with Crippen LogP contribution in [0.4, 0.5) is 4.39 Å². The van der Waals surface area contributed by atoms with E-state index in [1.807, 2.05) is 0 Å². The van der Waals surface area contributed by atoms with Gasteiger partial charge in [-0.05, 0) is 50.4 Å². The van der Waals surface area contributed by atoms with Crippen molar-refractivity contribution in [3.8, 4) is 0 Å². The van der Waals surface area contributed by atoms with Gasteiger partial charge in [-0.3, -0.25) is 0 Å². The molecule has 0 bridgehead atoms. The van der Waals surface area contributed by atoms with Crippen LogP contribution in [0.3, 0.4) is 0 Å². The number of hydrogen-bond donors (Lipinski definition) is 1. The summed E-state index contributed by atoms with van der Waals surface area (Å²) in [7, 11) is 0. The number of rotatable bonds is 2. The lowest BCUT2D eigenvalue weighted by Gasteiger charge is -2.15. The number of benzene rings is 1. The second kappa shape index (κ2) is 5.65. The van der Waals surface area contributed by atoms with Crippen LogP contribution in [0.25, 0.3) is 0 Å². The Balaban J connectivity index is 2.07. The van der Waals surface area contributed by atoms with Crippen LogP contribution in [0, 0.1) is 11.7 Å². The predicted molar refractivity (Wildman–Crippen MR) is 65.3 cm³/mol. The Morgan fingerprint density at radius 2 is 2.25 bits per heavy atom. The van der Waals surface area contributed by atoms with Crippen molar-refractivity contribution in [2.75, 3.05) is 13.1 Å². The van der Waals surface area contributed by atoms with Gasteiger partial charge in [-0.15, -0.1) is 0 Å². The fourth-order valence-corrected chi connectivity index (χ4v) is 2.52. The summed E-state index contributed by atoms with van der Waals surface area (Å²) in [6, 6.07) is 4.92. The Kier molecular flexibility index (Phi) is 4.19. The molecule has 1 unspecified atom stereocenters. The molecule has 1 fully saturated rings. The standard InChI is InChI=1S/C13H17ClFN/c14-12-5-3-6-13(15)11(12)8-10-4-1-2-7-16-9-10/h3,5-6,10,16H,1-2,4,7-9H2. The molecule has 1 saturated heterocycles. The van der Waals surface area contributed by atoms with E-state index in [0.29, 0.717) is 16.5 Å². The molecule has 1 aliphatic heterocycles. The zero-order valence-electron chi connectivity index (χ0n) is 9.31. The van der Waals surface area contributed by atoms with Crippen molar-refractivity contribution in [3.63, 3.8) is 0 Å².